The Morgan fingerprint density at radius 2 is 1.44 bits per heavy atom. The number of nitrogens with zero attached hydrogens (tertiary/aromatic N) is 2. The number of carbonyl (C=O) groups excluding carboxylic acids is 2. The first-order chi connectivity index (χ1) is 21.6. The second-order valence-electron chi connectivity index (χ2n) is 11.2. The molecule has 236 valence electrons. The molecule has 0 unspecified atom stereocenters. The molecule has 45 heavy (non-hydrogen) atoms. The fourth-order valence-corrected chi connectivity index (χ4v) is 6.87. The SMILES string of the molecule is CCCCNC(=O)[C@@H](Cc1ccccc1)N(Cc1cccc(Cl)c1)C(=O)CN(c1cc(C)cc(C)c1)S(=O)(=O)c1ccccc1. The van der Waals surface area contributed by atoms with Crippen LogP contribution >= 0.6 is 11.6 Å². The zero-order chi connectivity index (χ0) is 32.4. The molecule has 0 aliphatic heterocycles. The summed E-state index contributed by atoms with van der Waals surface area (Å²) in [4.78, 5) is 29.9. The number of unbranched alkanes of at least 4 members (excludes halogenated alkanes) is 1. The predicted octanol–water partition coefficient (Wildman–Crippen LogP) is 6.71. The van der Waals surface area contributed by atoms with Gasteiger partial charge in [0.2, 0.25) is 11.8 Å². The van der Waals surface area contributed by atoms with E-state index in [4.69, 9.17) is 11.6 Å². The van der Waals surface area contributed by atoms with Crippen LogP contribution in [0.5, 0.6) is 0 Å². The van der Waals surface area contributed by atoms with Crippen molar-refractivity contribution in [2.24, 2.45) is 0 Å². The summed E-state index contributed by atoms with van der Waals surface area (Å²) in [6, 6.07) is 29.2. The van der Waals surface area contributed by atoms with Crippen LogP contribution < -0.4 is 9.62 Å². The van der Waals surface area contributed by atoms with Crippen molar-refractivity contribution in [2.45, 2.75) is 57.5 Å². The highest BCUT2D eigenvalue weighted by molar-refractivity contribution is 7.92. The largest absolute Gasteiger partial charge is 0.354 e. The van der Waals surface area contributed by atoms with E-state index in [2.05, 4.69) is 5.32 Å². The monoisotopic (exact) mass is 645 g/mol. The van der Waals surface area contributed by atoms with Crippen molar-refractivity contribution in [1.29, 1.82) is 0 Å². The number of rotatable bonds is 14. The summed E-state index contributed by atoms with van der Waals surface area (Å²) in [6.45, 7) is 5.83. The average molecular weight is 646 g/mol. The summed E-state index contributed by atoms with van der Waals surface area (Å²) < 4.78 is 29.4. The van der Waals surface area contributed by atoms with Gasteiger partial charge in [0.25, 0.3) is 10.0 Å². The smallest absolute Gasteiger partial charge is 0.264 e. The van der Waals surface area contributed by atoms with Gasteiger partial charge >= 0.3 is 0 Å². The summed E-state index contributed by atoms with van der Waals surface area (Å²) in [5, 5.41) is 3.50. The van der Waals surface area contributed by atoms with Gasteiger partial charge in [-0.1, -0.05) is 91.7 Å². The molecule has 0 aliphatic rings. The summed E-state index contributed by atoms with van der Waals surface area (Å²) in [5.74, 6) is -0.813. The van der Waals surface area contributed by atoms with Crippen molar-refractivity contribution >= 4 is 39.1 Å². The molecule has 0 aliphatic carbocycles. The normalized spacial score (nSPS) is 11.9. The van der Waals surface area contributed by atoms with Gasteiger partial charge in [-0.05, 0) is 78.9 Å². The third-order valence-electron chi connectivity index (χ3n) is 7.45. The lowest BCUT2D eigenvalue weighted by Gasteiger charge is -2.34. The summed E-state index contributed by atoms with van der Waals surface area (Å²) in [5.41, 5.74) is 3.69. The first-order valence-electron chi connectivity index (χ1n) is 15.1. The van der Waals surface area contributed by atoms with Crippen LogP contribution in [-0.4, -0.2) is 44.3 Å². The number of hydrogen-bond acceptors (Lipinski definition) is 4. The van der Waals surface area contributed by atoms with E-state index in [1.807, 2.05) is 63.2 Å². The summed E-state index contributed by atoms with van der Waals surface area (Å²) in [6.07, 6.45) is 1.94. The van der Waals surface area contributed by atoms with E-state index in [0.717, 1.165) is 39.4 Å². The van der Waals surface area contributed by atoms with Gasteiger partial charge in [-0.25, -0.2) is 8.42 Å². The lowest BCUT2D eigenvalue weighted by molar-refractivity contribution is -0.140. The van der Waals surface area contributed by atoms with Crippen molar-refractivity contribution in [3.8, 4) is 0 Å². The Morgan fingerprint density at radius 1 is 0.822 bits per heavy atom. The van der Waals surface area contributed by atoms with Gasteiger partial charge in [0.1, 0.15) is 12.6 Å². The van der Waals surface area contributed by atoms with Crippen LogP contribution in [0.3, 0.4) is 0 Å². The Kier molecular flexibility index (Phi) is 11.8. The van der Waals surface area contributed by atoms with Crippen molar-refractivity contribution in [2.75, 3.05) is 17.4 Å². The molecule has 0 fully saturated rings. The molecule has 0 saturated heterocycles. The minimum atomic E-state index is -4.15. The molecule has 2 amide bonds. The Labute approximate surface area is 271 Å². The molecule has 4 rings (SSSR count). The lowest BCUT2D eigenvalue weighted by atomic mass is 10.0. The first-order valence-corrected chi connectivity index (χ1v) is 16.9. The van der Waals surface area contributed by atoms with Gasteiger partial charge in [0.15, 0.2) is 0 Å². The van der Waals surface area contributed by atoms with E-state index in [1.165, 1.54) is 17.0 Å². The van der Waals surface area contributed by atoms with Crippen molar-refractivity contribution in [3.05, 3.63) is 130 Å². The molecule has 0 radical (unpaired) electrons. The molecule has 7 nitrogen and oxygen atoms in total. The highest BCUT2D eigenvalue weighted by Crippen LogP contribution is 2.27. The van der Waals surface area contributed by atoms with Crippen molar-refractivity contribution in [3.63, 3.8) is 0 Å². The van der Waals surface area contributed by atoms with E-state index >= 15 is 0 Å². The number of halogens is 1. The number of anilines is 1. The van der Waals surface area contributed by atoms with Crippen LogP contribution in [0.25, 0.3) is 0 Å². The standard InChI is InChI=1S/C36H40ClN3O4S/c1-4-5-19-38-36(42)34(24-29-13-8-6-9-14-29)39(25-30-15-12-16-31(37)23-30)35(41)26-40(32-21-27(2)20-28(3)22-32)45(43,44)33-17-10-7-11-18-33/h6-18,20-23,34H,4-5,19,24-26H2,1-3H3,(H,38,42)/t34-/m1/s1. The Morgan fingerprint density at radius 3 is 2.07 bits per heavy atom. The number of hydrogen-bond donors (Lipinski definition) is 1. The van der Waals surface area contributed by atoms with Crippen LogP contribution in [0, 0.1) is 13.8 Å². The number of nitrogens with one attached hydrogen (secondary N) is 1. The number of benzene rings is 4. The molecule has 1 atom stereocenters. The van der Waals surface area contributed by atoms with Crippen LogP contribution in [0.15, 0.2) is 108 Å². The zero-order valence-corrected chi connectivity index (χ0v) is 27.5. The van der Waals surface area contributed by atoms with E-state index in [9.17, 15) is 18.0 Å². The maximum Gasteiger partial charge on any atom is 0.264 e. The molecule has 1 N–H and O–H groups in total. The molecular weight excluding hydrogens is 606 g/mol. The molecule has 0 heterocycles. The maximum atomic E-state index is 14.5. The molecule has 9 heteroatoms. The number of amides is 2. The van der Waals surface area contributed by atoms with Gasteiger partial charge in [-0.2, -0.15) is 0 Å². The van der Waals surface area contributed by atoms with Gasteiger partial charge in [0, 0.05) is 24.5 Å². The quantitative estimate of drug-likeness (QED) is 0.155. The maximum absolute atomic E-state index is 14.5. The second kappa shape index (κ2) is 15.7. The Balaban J connectivity index is 1.81. The summed E-state index contributed by atoms with van der Waals surface area (Å²) in [7, 11) is -4.15. The number of aryl methyl sites for hydroxylation is 2. The number of carbonyl (C=O) groups is 2. The topological polar surface area (TPSA) is 86.8 Å². The lowest BCUT2D eigenvalue weighted by Crippen LogP contribution is -2.53. The minimum Gasteiger partial charge on any atom is -0.354 e. The Hall–Kier alpha value is -4.14. The van der Waals surface area contributed by atoms with E-state index < -0.39 is 28.5 Å². The van der Waals surface area contributed by atoms with Crippen LogP contribution in [0.1, 0.15) is 42.0 Å². The molecular formula is C36H40ClN3O4S. The van der Waals surface area contributed by atoms with Crippen LogP contribution in [0.2, 0.25) is 5.02 Å². The molecule has 0 spiro atoms. The molecule has 0 saturated carbocycles. The van der Waals surface area contributed by atoms with E-state index in [-0.39, 0.29) is 23.8 Å². The van der Waals surface area contributed by atoms with Gasteiger partial charge in [-0.3, -0.25) is 13.9 Å². The third-order valence-corrected chi connectivity index (χ3v) is 9.47. The fraction of sp³-hybridized carbons (Fsp3) is 0.278. The second-order valence-corrected chi connectivity index (χ2v) is 13.5. The van der Waals surface area contributed by atoms with Gasteiger partial charge in [-0.15, -0.1) is 0 Å². The molecule has 4 aromatic rings. The van der Waals surface area contributed by atoms with E-state index in [0.29, 0.717) is 17.3 Å². The summed E-state index contributed by atoms with van der Waals surface area (Å²) >= 11 is 6.32. The molecule has 0 bridgehead atoms. The van der Waals surface area contributed by atoms with Crippen LogP contribution in [0.4, 0.5) is 5.69 Å². The van der Waals surface area contributed by atoms with Gasteiger partial charge in [0.05, 0.1) is 10.6 Å². The molecule has 4 aromatic carbocycles. The zero-order valence-electron chi connectivity index (χ0n) is 25.9. The third kappa shape index (κ3) is 9.19. The molecule has 0 aromatic heterocycles. The Bertz CT molecular complexity index is 1680. The number of sulfonamides is 1. The highest BCUT2D eigenvalue weighted by Gasteiger charge is 2.34. The average Bonchev–Trinajstić information content (AvgIpc) is 3.02. The van der Waals surface area contributed by atoms with E-state index in [1.54, 1.807) is 48.5 Å². The van der Waals surface area contributed by atoms with Gasteiger partial charge < -0.3 is 10.2 Å². The minimum absolute atomic E-state index is 0.0597. The predicted molar refractivity (Wildman–Crippen MR) is 181 cm³/mol. The highest BCUT2D eigenvalue weighted by atomic mass is 35.5. The van der Waals surface area contributed by atoms with Crippen molar-refractivity contribution in [1.82, 2.24) is 10.2 Å². The fourth-order valence-electron chi connectivity index (χ4n) is 5.24. The van der Waals surface area contributed by atoms with Crippen LogP contribution in [-0.2, 0) is 32.6 Å². The first kappa shape index (κ1) is 33.7. The van der Waals surface area contributed by atoms with Crippen molar-refractivity contribution < 1.29 is 18.0 Å².